The van der Waals surface area contributed by atoms with E-state index in [2.05, 4.69) is 63.7 Å². The fourth-order valence-corrected chi connectivity index (χ4v) is 4.39. The quantitative estimate of drug-likeness (QED) is 0.232. The van der Waals surface area contributed by atoms with Gasteiger partial charge in [0.1, 0.15) is 17.1 Å². The topological polar surface area (TPSA) is 99.5 Å². The molecular formula is C25H16N6Ru+2. The van der Waals surface area contributed by atoms with Gasteiger partial charge in [-0.3, -0.25) is 4.98 Å². The van der Waals surface area contributed by atoms with E-state index in [9.17, 15) is 0 Å². The molecule has 0 bridgehead atoms. The molecule has 6 nitrogen and oxygen atoms in total. The summed E-state index contributed by atoms with van der Waals surface area (Å²) in [6, 6.07) is 24.6. The van der Waals surface area contributed by atoms with E-state index < -0.39 is 0 Å². The first kappa shape index (κ1) is 20.2. The summed E-state index contributed by atoms with van der Waals surface area (Å²) in [6.07, 6.45) is 1.79. The van der Waals surface area contributed by atoms with Gasteiger partial charge < -0.3 is 6.15 Å². The van der Waals surface area contributed by atoms with E-state index >= 15 is 0 Å². The van der Waals surface area contributed by atoms with Crippen molar-refractivity contribution in [1.82, 2.24) is 31.3 Å². The average Bonchev–Trinajstić information content (AvgIpc) is 3.14. The van der Waals surface area contributed by atoms with E-state index in [-0.39, 0.29) is 25.6 Å². The Hall–Kier alpha value is -3.67. The van der Waals surface area contributed by atoms with Gasteiger partial charge >= 0.3 is 19.5 Å². The molecule has 3 aromatic heterocycles. The summed E-state index contributed by atoms with van der Waals surface area (Å²) in [6.45, 7) is 0. The smallest absolute Gasteiger partial charge is 0.344 e. The van der Waals surface area contributed by atoms with Crippen LogP contribution in [0.1, 0.15) is 0 Å². The Kier molecular flexibility index (Phi) is 4.73. The molecule has 7 heteroatoms. The maximum atomic E-state index is 4.89. The van der Waals surface area contributed by atoms with Crippen LogP contribution >= 0.6 is 0 Å². The standard InChI is InChI=1S/C25H13N5.H3N.Ru/c1-4-14-5-2-8-18-20(14)17(7-1)23-24(18)29-30-25(28-23)19-12-11-16-10-9-15-6-3-13-26-21(15)22(16)27-19;;/h1-13H;1H3;/q;;+2. The molecule has 1 aliphatic rings. The fraction of sp³-hybridized carbons (Fsp3) is 0. The number of pyridine rings is 2. The first-order chi connectivity index (χ1) is 14.9. The van der Waals surface area contributed by atoms with Gasteiger partial charge in [0.05, 0.1) is 11.0 Å². The van der Waals surface area contributed by atoms with Crippen molar-refractivity contribution in [3.05, 3.63) is 79.0 Å². The number of nitrogens with zero attached hydrogens (tertiary/aromatic N) is 5. The van der Waals surface area contributed by atoms with Gasteiger partial charge in [-0.2, -0.15) is 0 Å². The predicted molar refractivity (Wildman–Crippen MR) is 123 cm³/mol. The van der Waals surface area contributed by atoms with Crippen LogP contribution in [0.2, 0.25) is 0 Å². The molecule has 0 atom stereocenters. The number of hydrogen-bond acceptors (Lipinski definition) is 6. The Morgan fingerprint density at radius 1 is 0.562 bits per heavy atom. The molecule has 3 aromatic carbocycles. The van der Waals surface area contributed by atoms with Crippen LogP contribution in [0.4, 0.5) is 0 Å². The van der Waals surface area contributed by atoms with Gasteiger partial charge in [0.25, 0.3) is 0 Å². The third kappa shape index (κ3) is 2.75. The molecule has 0 saturated heterocycles. The van der Waals surface area contributed by atoms with Gasteiger partial charge in [-0.1, -0.05) is 60.7 Å². The molecule has 0 spiro atoms. The average molecular weight is 502 g/mol. The van der Waals surface area contributed by atoms with Crippen molar-refractivity contribution >= 4 is 32.6 Å². The van der Waals surface area contributed by atoms with E-state index in [1.165, 1.54) is 10.8 Å². The van der Waals surface area contributed by atoms with Gasteiger partial charge in [0.15, 0.2) is 0 Å². The second-order valence-electron chi connectivity index (χ2n) is 7.45. The van der Waals surface area contributed by atoms with Crippen molar-refractivity contribution in [2.24, 2.45) is 0 Å². The number of aromatic nitrogens is 5. The normalized spacial score (nSPS) is 11.2. The number of fused-ring (bicyclic) bond motifs is 6. The Labute approximate surface area is 196 Å². The van der Waals surface area contributed by atoms with Gasteiger partial charge in [-0.15, -0.1) is 10.2 Å². The van der Waals surface area contributed by atoms with Crippen LogP contribution in [0.3, 0.4) is 0 Å². The van der Waals surface area contributed by atoms with Crippen LogP contribution in [-0.4, -0.2) is 25.1 Å². The molecule has 1 aliphatic carbocycles. The van der Waals surface area contributed by atoms with Crippen molar-refractivity contribution in [2.45, 2.75) is 0 Å². The largest absolute Gasteiger partial charge is 2.00 e. The predicted octanol–water partition coefficient (Wildman–Crippen LogP) is 5.60. The SMILES string of the molecule is N.[Ru+2].c1cc2c3c(cccc3c1)-c1nc(-c3ccc4ccc5cccnc5c4n3)nnc1-2. The van der Waals surface area contributed by atoms with Gasteiger partial charge in [0, 0.05) is 33.5 Å². The zero-order valence-electron chi connectivity index (χ0n) is 16.8. The van der Waals surface area contributed by atoms with Crippen LogP contribution in [0.5, 0.6) is 0 Å². The maximum absolute atomic E-state index is 4.89. The van der Waals surface area contributed by atoms with E-state index in [0.717, 1.165) is 44.3 Å². The Morgan fingerprint density at radius 3 is 2.06 bits per heavy atom. The molecule has 7 rings (SSSR count). The van der Waals surface area contributed by atoms with Crippen molar-refractivity contribution < 1.29 is 19.5 Å². The van der Waals surface area contributed by atoms with E-state index in [4.69, 9.17) is 9.97 Å². The molecule has 32 heavy (non-hydrogen) atoms. The molecule has 0 unspecified atom stereocenters. The minimum atomic E-state index is 0. The molecule has 6 aromatic rings. The second kappa shape index (κ2) is 7.48. The summed E-state index contributed by atoms with van der Waals surface area (Å²) >= 11 is 0. The Bertz CT molecular complexity index is 1660. The fourth-order valence-electron chi connectivity index (χ4n) is 4.39. The zero-order chi connectivity index (χ0) is 19.7. The first-order valence-electron chi connectivity index (χ1n) is 9.79. The molecular weight excluding hydrogens is 485 g/mol. The zero-order valence-corrected chi connectivity index (χ0v) is 18.5. The minimum Gasteiger partial charge on any atom is -0.344 e. The number of benzene rings is 3. The van der Waals surface area contributed by atoms with Crippen molar-refractivity contribution in [3.8, 4) is 34.0 Å². The third-order valence-corrected chi connectivity index (χ3v) is 5.76. The molecule has 0 aliphatic heterocycles. The number of hydrogen-bond donors (Lipinski definition) is 1. The van der Waals surface area contributed by atoms with Crippen molar-refractivity contribution in [2.75, 3.05) is 0 Å². The van der Waals surface area contributed by atoms with Crippen molar-refractivity contribution in [3.63, 3.8) is 0 Å². The second-order valence-corrected chi connectivity index (χ2v) is 7.45. The molecule has 0 radical (unpaired) electrons. The summed E-state index contributed by atoms with van der Waals surface area (Å²) in [5.74, 6) is 0.522. The Morgan fingerprint density at radius 2 is 1.25 bits per heavy atom. The van der Waals surface area contributed by atoms with Gasteiger partial charge in [0.2, 0.25) is 5.82 Å². The molecule has 0 fully saturated rings. The first-order valence-corrected chi connectivity index (χ1v) is 9.79. The van der Waals surface area contributed by atoms with E-state index in [1.54, 1.807) is 6.20 Å². The monoisotopic (exact) mass is 502 g/mol. The van der Waals surface area contributed by atoms with Gasteiger partial charge in [-0.05, 0) is 17.5 Å². The maximum Gasteiger partial charge on any atom is 2.00 e. The van der Waals surface area contributed by atoms with Crippen LogP contribution in [0, 0.1) is 0 Å². The molecule has 0 amide bonds. The molecule has 3 heterocycles. The van der Waals surface area contributed by atoms with Gasteiger partial charge in [-0.25, -0.2) is 9.97 Å². The summed E-state index contributed by atoms with van der Waals surface area (Å²) in [4.78, 5) is 14.3. The minimum absolute atomic E-state index is 0. The van der Waals surface area contributed by atoms with Crippen LogP contribution in [0.15, 0.2) is 79.0 Å². The van der Waals surface area contributed by atoms with Crippen LogP contribution < -0.4 is 6.15 Å². The summed E-state index contributed by atoms with van der Waals surface area (Å²) < 4.78 is 0. The number of rotatable bonds is 1. The summed E-state index contributed by atoms with van der Waals surface area (Å²) in [7, 11) is 0. The summed E-state index contributed by atoms with van der Waals surface area (Å²) in [5, 5.41) is 13.5. The van der Waals surface area contributed by atoms with E-state index in [0.29, 0.717) is 11.5 Å². The third-order valence-electron chi connectivity index (χ3n) is 5.76. The van der Waals surface area contributed by atoms with E-state index in [1.807, 2.05) is 24.3 Å². The van der Waals surface area contributed by atoms with Crippen LogP contribution in [0.25, 0.3) is 66.6 Å². The molecule has 0 saturated carbocycles. The molecule has 3 N–H and O–H groups in total. The molecule has 152 valence electrons. The van der Waals surface area contributed by atoms with Crippen molar-refractivity contribution in [1.29, 1.82) is 0 Å². The Balaban J connectivity index is 0.00000108. The van der Waals surface area contributed by atoms with Crippen LogP contribution in [-0.2, 0) is 19.5 Å². The summed E-state index contributed by atoms with van der Waals surface area (Å²) in [5.41, 5.74) is 6.30.